The van der Waals surface area contributed by atoms with Crippen molar-refractivity contribution in [2.45, 2.75) is 26.7 Å². The minimum absolute atomic E-state index is 0.774. The minimum Gasteiger partial charge on any atom is -0.354 e. The highest BCUT2D eigenvalue weighted by Crippen LogP contribution is 2.16. The van der Waals surface area contributed by atoms with E-state index in [0.29, 0.717) is 0 Å². The molecule has 0 bridgehead atoms. The number of nitrogens with one attached hydrogen (secondary N) is 2. The zero-order chi connectivity index (χ0) is 10.7. The predicted octanol–water partition coefficient (Wildman–Crippen LogP) is 0.905. The summed E-state index contributed by atoms with van der Waals surface area (Å²) < 4.78 is 0. The fraction of sp³-hybridized carbons (Fsp3) is 0.636. The second-order valence-corrected chi connectivity index (χ2v) is 3.84. The van der Waals surface area contributed by atoms with Gasteiger partial charge in [0.1, 0.15) is 0 Å². The van der Waals surface area contributed by atoms with Crippen LogP contribution in [-0.4, -0.2) is 29.6 Å². The van der Waals surface area contributed by atoms with Crippen molar-refractivity contribution >= 4 is 5.95 Å². The molecule has 0 radical (unpaired) electrons. The average Bonchev–Trinajstić information content (AvgIpc) is 2.43. The van der Waals surface area contributed by atoms with Crippen LogP contribution in [0, 0.1) is 6.92 Å². The highest BCUT2D eigenvalue weighted by Gasteiger charge is 2.13. The Morgan fingerprint density at radius 2 is 2.07 bits per heavy atom. The summed E-state index contributed by atoms with van der Waals surface area (Å²) in [6.07, 6.45) is 2.06. The van der Waals surface area contributed by atoms with Crippen molar-refractivity contribution in [1.82, 2.24) is 15.3 Å². The molecule has 0 atom stereocenters. The normalized spacial score (nSPS) is 15.6. The van der Waals surface area contributed by atoms with Gasteiger partial charge >= 0.3 is 0 Å². The third-order valence-electron chi connectivity index (χ3n) is 2.72. The van der Waals surface area contributed by atoms with Gasteiger partial charge in [0.2, 0.25) is 5.95 Å². The fourth-order valence-electron chi connectivity index (χ4n) is 1.97. The van der Waals surface area contributed by atoms with Crippen molar-refractivity contribution in [2.24, 2.45) is 0 Å². The van der Waals surface area contributed by atoms with Gasteiger partial charge in [-0.1, -0.05) is 0 Å². The summed E-state index contributed by atoms with van der Waals surface area (Å²) in [7, 11) is 0. The summed E-state index contributed by atoms with van der Waals surface area (Å²) in [5.74, 6) is 0.774. The second-order valence-electron chi connectivity index (χ2n) is 3.84. The molecule has 15 heavy (non-hydrogen) atoms. The maximum atomic E-state index is 4.56. The third kappa shape index (κ3) is 2.26. The molecule has 2 N–H and O–H groups in total. The van der Waals surface area contributed by atoms with Crippen LogP contribution in [0.4, 0.5) is 5.95 Å². The third-order valence-corrected chi connectivity index (χ3v) is 2.72. The van der Waals surface area contributed by atoms with Crippen molar-refractivity contribution in [2.75, 3.05) is 25.0 Å². The van der Waals surface area contributed by atoms with E-state index >= 15 is 0 Å². The first kappa shape index (κ1) is 10.4. The summed E-state index contributed by atoms with van der Waals surface area (Å²) in [6, 6.07) is 0. The summed E-state index contributed by atoms with van der Waals surface area (Å²) >= 11 is 0. The van der Waals surface area contributed by atoms with Crippen molar-refractivity contribution in [3.8, 4) is 0 Å². The van der Waals surface area contributed by atoms with Gasteiger partial charge in [0.05, 0.1) is 5.69 Å². The number of rotatable bonds is 2. The number of hydrogen-bond acceptors (Lipinski definition) is 4. The number of aromatic nitrogens is 2. The Hall–Kier alpha value is -1.16. The topological polar surface area (TPSA) is 49.8 Å². The van der Waals surface area contributed by atoms with E-state index in [1.165, 1.54) is 11.3 Å². The van der Waals surface area contributed by atoms with Gasteiger partial charge in [-0.05, 0) is 32.4 Å². The molecule has 1 aromatic rings. The van der Waals surface area contributed by atoms with Gasteiger partial charge in [0.25, 0.3) is 0 Å². The molecule has 0 aliphatic carbocycles. The summed E-state index contributed by atoms with van der Waals surface area (Å²) in [5.41, 5.74) is 3.67. The zero-order valence-electron chi connectivity index (χ0n) is 9.43. The molecular weight excluding hydrogens is 188 g/mol. The van der Waals surface area contributed by atoms with Crippen molar-refractivity contribution in [3.05, 3.63) is 17.0 Å². The maximum Gasteiger partial charge on any atom is 0.223 e. The summed E-state index contributed by atoms with van der Waals surface area (Å²) in [4.78, 5) is 9.03. The molecule has 0 aromatic carbocycles. The van der Waals surface area contributed by atoms with Crippen LogP contribution in [0.5, 0.6) is 0 Å². The molecule has 0 spiro atoms. The van der Waals surface area contributed by atoms with Crippen LogP contribution in [0.25, 0.3) is 0 Å². The maximum absolute atomic E-state index is 4.56. The minimum atomic E-state index is 0.774. The van der Waals surface area contributed by atoms with Gasteiger partial charge in [-0.2, -0.15) is 0 Å². The lowest BCUT2D eigenvalue weighted by atomic mass is 10.1. The highest BCUT2D eigenvalue weighted by atomic mass is 15.1. The first-order valence-corrected chi connectivity index (χ1v) is 5.62. The molecule has 0 saturated carbocycles. The van der Waals surface area contributed by atoms with E-state index in [9.17, 15) is 0 Å². The van der Waals surface area contributed by atoms with E-state index in [1.54, 1.807) is 0 Å². The van der Waals surface area contributed by atoms with Crippen LogP contribution >= 0.6 is 0 Å². The Labute approximate surface area is 90.5 Å². The van der Waals surface area contributed by atoms with Crippen molar-refractivity contribution in [1.29, 1.82) is 0 Å². The predicted molar refractivity (Wildman–Crippen MR) is 61.2 cm³/mol. The zero-order valence-corrected chi connectivity index (χ0v) is 9.43. The van der Waals surface area contributed by atoms with Gasteiger partial charge < -0.3 is 10.6 Å². The second kappa shape index (κ2) is 4.57. The molecule has 1 aromatic heterocycles. The Morgan fingerprint density at radius 3 is 2.87 bits per heavy atom. The van der Waals surface area contributed by atoms with Crippen LogP contribution in [0.15, 0.2) is 0 Å². The highest BCUT2D eigenvalue weighted by molar-refractivity contribution is 5.35. The number of anilines is 1. The van der Waals surface area contributed by atoms with Gasteiger partial charge in [-0.25, -0.2) is 9.97 Å². The van der Waals surface area contributed by atoms with E-state index in [1.807, 2.05) is 0 Å². The van der Waals surface area contributed by atoms with E-state index < -0.39 is 0 Å². The molecule has 2 heterocycles. The lowest BCUT2D eigenvalue weighted by Gasteiger charge is -2.10. The SMILES string of the molecule is CCNc1nc(C)c2c(n1)CCNCC2. The lowest BCUT2D eigenvalue weighted by molar-refractivity contribution is 0.708. The Bertz CT molecular complexity index is 349. The average molecular weight is 206 g/mol. The molecule has 0 amide bonds. The molecule has 82 valence electrons. The van der Waals surface area contributed by atoms with Crippen LogP contribution in [-0.2, 0) is 12.8 Å². The summed E-state index contributed by atoms with van der Waals surface area (Å²) in [5, 5.41) is 6.56. The first-order chi connectivity index (χ1) is 7.31. The van der Waals surface area contributed by atoms with Gasteiger partial charge in [0, 0.05) is 25.2 Å². The van der Waals surface area contributed by atoms with Crippen LogP contribution in [0.1, 0.15) is 23.9 Å². The smallest absolute Gasteiger partial charge is 0.223 e. The van der Waals surface area contributed by atoms with Crippen molar-refractivity contribution in [3.63, 3.8) is 0 Å². The number of hydrogen-bond donors (Lipinski definition) is 2. The fourth-order valence-corrected chi connectivity index (χ4v) is 1.97. The largest absolute Gasteiger partial charge is 0.354 e. The van der Waals surface area contributed by atoms with Crippen molar-refractivity contribution < 1.29 is 0 Å². The van der Waals surface area contributed by atoms with E-state index in [4.69, 9.17) is 0 Å². The van der Waals surface area contributed by atoms with Crippen LogP contribution in [0.2, 0.25) is 0 Å². The molecule has 0 saturated heterocycles. The lowest BCUT2D eigenvalue weighted by Crippen LogP contribution is -2.16. The van der Waals surface area contributed by atoms with E-state index in [0.717, 1.165) is 44.1 Å². The first-order valence-electron chi connectivity index (χ1n) is 5.62. The van der Waals surface area contributed by atoms with Gasteiger partial charge in [-0.15, -0.1) is 0 Å². The molecule has 4 nitrogen and oxygen atoms in total. The van der Waals surface area contributed by atoms with E-state index in [-0.39, 0.29) is 0 Å². The van der Waals surface area contributed by atoms with Crippen LogP contribution in [0.3, 0.4) is 0 Å². The standard InChI is InChI=1S/C11H18N4/c1-3-13-11-14-8(2)9-4-6-12-7-5-10(9)15-11/h12H,3-7H2,1-2H3,(H,13,14,15). The Balaban J connectivity index is 2.35. The monoisotopic (exact) mass is 206 g/mol. The molecular formula is C11H18N4. The van der Waals surface area contributed by atoms with Gasteiger partial charge in [-0.3, -0.25) is 0 Å². The number of aryl methyl sites for hydroxylation is 1. The van der Waals surface area contributed by atoms with Crippen LogP contribution < -0.4 is 10.6 Å². The molecule has 0 unspecified atom stereocenters. The molecule has 4 heteroatoms. The quantitative estimate of drug-likeness (QED) is 0.755. The van der Waals surface area contributed by atoms with E-state index in [2.05, 4.69) is 34.4 Å². The number of nitrogens with zero attached hydrogens (tertiary/aromatic N) is 2. The molecule has 1 aliphatic rings. The summed E-state index contributed by atoms with van der Waals surface area (Å²) in [6.45, 7) is 7.07. The Kier molecular flexibility index (Phi) is 3.16. The molecule has 2 rings (SSSR count). The Morgan fingerprint density at radius 1 is 1.27 bits per heavy atom. The molecule has 1 aliphatic heterocycles. The van der Waals surface area contributed by atoms with Gasteiger partial charge in [0.15, 0.2) is 0 Å². The molecule has 0 fully saturated rings. The number of fused-ring (bicyclic) bond motifs is 1.